The van der Waals surface area contributed by atoms with Crippen molar-refractivity contribution in [1.29, 1.82) is 0 Å². The summed E-state index contributed by atoms with van der Waals surface area (Å²) < 4.78 is 27.7. The van der Waals surface area contributed by atoms with Crippen molar-refractivity contribution in [2.24, 2.45) is 0 Å². The molecule has 2 unspecified atom stereocenters. The van der Waals surface area contributed by atoms with Gasteiger partial charge in [0.25, 0.3) is 0 Å². The molecule has 0 spiro atoms. The minimum atomic E-state index is -0.606. The van der Waals surface area contributed by atoms with E-state index in [9.17, 15) is 9.59 Å². The number of ketones is 1. The Morgan fingerprint density at radius 2 is 1.65 bits per heavy atom. The first-order valence-corrected chi connectivity index (χ1v) is 14.3. The third-order valence-electron chi connectivity index (χ3n) is 7.89. The van der Waals surface area contributed by atoms with Gasteiger partial charge in [-0.1, -0.05) is 48.5 Å². The minimum Gasteiger partial charge on any atom is -0.493 e. The van der Waals surface area contributed by atoms with E-state index in [0.29, 0.717) is 53.5 Å². The van der Waals surface area contributed by atoms with E-state index in [1.807, 2.05) is 79.7 Å². The normalized spacial score (nSPS) is 18.1. The number of methoxy groups -OCH3 is 3. The van der Waals surface area contributed by atoms with Gasteiger partial charge in [0.15, 0.2) is 17.3 Å². The second-order valence-electron chi connectivity index (χ2n) is 10.6. The van der Waals surface area contributed by atoms with E-state index in [2.05, 4.69) is 5.32 Å². The number of dihydropyridines is 1. The second kappa shape index (κ2) is 13.6. The molecule has 1 aliphatic carbocycles. The Labute approximate surface area is 252 Å². The van der Waals surface area contributed by atoms with E-state index in [1.165, 1.54) is 0 Å². The van der Waals surface area contributed by atoms with Crippen LogP contribution in [0.25, 0.3) is 0 Å². The Bertz CT molecular complexity index is 1540. The van der Waals surface area contributed by atoms with Crippen LogP contribution < -0.4 is 19.5 Å². The number of rotatable bonds is 11. The number of benzene rings is 3. The monoisotopic (exact) mass is 583 g/mol. The Morgan fingerprint density at radius 3 is 2.40 bits per heavy atom. The van der Waals surface area contributed by atoms with Crippen molar-refractivity contribution in [3.63, 3.8) is 0 Å². The number of nitrogens with one attached hydrogen (secondary N) is 1. The smallest absolute Gasteiger partial charge is 0.336 e. The quantitative estimate of drug-likeness (QED) is 0.223. The summed E-state index contributed by atoms with van der Waals surface area (Å²) in [7, 11) is 4.75. The van der Waals surface area contributed by atoms with Gasteiger partial charge in [0, 0.05) is 36.4 Å². The van der Waals surface area contributed by atoms with Crippen LogP contribution >= 0.6 is 0 Å². The zero-order valence-electron chi connectivity index (χ0n) is 25.0. The molecule has 0 radical (unpaired) electrons. The summed E-state index contributed by atoms with van der Waals surface area (Å²) in [5.74, 6) is 0.722. The molecule has 3 aromatic rings. The lowest BCUT2D eigenvalue weighted by atomic mass is 9.71. The average Bonchev–Trinajstić information content (AvgIpc) is 3.03. The van der Waals surface area contributed by atoms with Crippen molar-refractivity contribution in [3.8, 4) is 17.2 Å². The van der Waals surface area contributed by atoms with Crippen molar-refractivity contribution in [2.75, 3.05) is 34.5 Å². The van der Waals surface area contributed by atoms with Gasteiger partial charge in [-0.3, -0.25) is 4.79 Å². The van der Waals surface area contributed by atoms with Crippen LogP contribution in [-0.4, -0.2) is 46.3 Å². The third kappa shape index (κ3) is 6.60. The molecule has 0 saturated heterocycles. The molecular formula is C35H37NO7. The first-order chi connectivity index (χ1) is 20.9. The number of allylic oxidation sites excluding steroid dienone is 3. The fourth-order valence-corrected chi connectivity index (χ4v) is 5.81. The Hall–Kier alpha value is -4.56. The van der Waals surface area contributed by atoms with Crippen LogP contribution in [-0.2, 0) is 25.7 Å². The highest BCUT2D eigenvalue weighted by Gasteiger charge is 2.41. The summed E-state index contributed by atoms with van der Waals surface area (Å²) in [5, 5.41) is 3.40. The number of esters is 1. The lowest BCUT2D eigenvalue weighted by Crippen LogP contribution is -2.36. The van der Waals surface area contributed by atoms with Gasteiger partial charge in [-0.25, -0.2) is 4.79 Å². The molecule has 2 aliphatic rings. The minimum absolute atomic E-state index is 0.0242. The van der Waals surface area contributed by atoms with Crippen LogP contribution in [0.4, 0.5) is 0 Å². The van der Waals surface area contributed by atoms with Crippen LogP contribution in [0.1, 0.15) is 48.3 Å². The maximum Gasteiger partial charge on any atom is 0.336 e. The topological polar surface area (TPSA) is 92.3 Å². The van der Waals surface area contributed by atoms with Crippen molar-refractivity contribution in [1.82, 2.24) is 5.32 Å². The van der Waals surface area contributed by atoms with Gasteiger partial charge in [-0.05, 0) is 60.2 Å². The van der Waals surface area contributed by atoms with Crippen molar-refractivity contribution >= 4 is 11.8 Å². The Morgan fingerprint density at radius 1 is 0.860 bits per heavy atom. The van der Waals surface area contributed by atoms with Crippen molar-refractivity contribution in [2.45, 2.75) is 38.2 Å². The number of hydrogen-bond acceptors (Lipinski definition) is 8. The molecule has 8 heteroatoms. The Balaban J connectivity index is 1.50. The molecule has 1 aliphatic heterocycles. The summed E-state index contributed by atoms with van der Waals surface area (Å²) in [6.45, 7) is 2.64. The number of hydrogen-bond donors (Lipinski definition) is 1. The van der Waals surface area contributed by atoms with E-state index < -0.39 is 11.9 Å². The van der Waals surface area contributed by atoms with E-state index in [-0.39, 0.29) is 24.9 Å². The molecule has 5 rings (SSSR count). The van der Waals surface area contributed by atoms with Gasteiger partial charge in [-0.15, -0.1) is 0 Å². The molecule has 0 bridgehead atoms. The van der Waals surface area contributed by atoms with Crippen molar-refractivity contribution in [3.05, 3.63) is 112 Å². The van der Waals surface area contributed by atoms with Crippen LogP contribution in [0, 0.1) is 0 Å². The number of carbonyl (C=O) groups is 2. The zero-order chi connectivity index (χ0) is 30.3. The average molecular weight is 584 g/mol. The fourth-order valence-electron chi connectivity index (χ4n) is 5.81. The fraction of sp³-hybridized carbons (Fsp3) is 0.314. The van der Waals surface area contributed by atoms with Crippen LogP contribution in [0.5, 0.6) is 17.2 Å². The molecule has 3 aromatic carbocycles. The largest absolute Gasteiger partial charge is 0.493 e. The number of Topliss-reactive ketones (excluding diaryl/α,β-unsaturated/α-hetero) is 1. The van der Waals surface area contributed by atoms with Crippen LogP contribution in [0.3, 0.4) is 0 Å². The van der Waals surface area contributed by atoms with E-state index in [4.69, 9.17) is 23.7 Å². The van der Waals surface area contributed by atoms with Gasteiger partial charge >= 0.3 is 5.97 Å². The third-order valence-corrected chi connectivity index (χ3v) is 7.89. The molecule has 0 amide bonds. The molecule has 1 heterocycles. The van der Waals surface area contributed by atoms with Crippen LogP contribution in [0.15, 0.2) is 95.3 Å². The molecule has 0 saturated carbocycles. The second-order valence-corrected chi connectivity index (χ2v) is 10.6. The predicted octanol–water partition coefficient (Wildman–Crippen LogP) is 5.83. The molecule has 2 atom stereocenters. The van der Waals surface area contributed by atoms with Crippen molar-refractivity contribution < 1.29 is 33.3 Å². The molecule has 1 N–H and O–H groups in total. The lowest BCUT2D eigenvalue weighted by Gasteiger charge is -2.37. The van der Waals surface area contributed by atoms with E-state index in [1.54, 1.807) is 21.3 Å². The first kappa shape index (κ1) is 29.9. The summed E-state index contributed by atoms with van der Waals surface area (Å²) >= 11 is 0. The molecular weight excluding hydrogens is 546 g/mol. The maximum atomic E-state index is 14.0. The van der Waals surface area contributed by atoms with Gasteiger partial charge < -0.3 is 29.0 Å². The highest BCUT2D eigenvalue weighted by Crippen LogP contribution is 2.47. The lowest BCUT2D eigenvalue weighted by molar-refractivity contribution is -0.140. The SMILES string of the molecule is COCCOC(=O)C1=C(C)NC2=C(C(=O)CC(c3ccc(OC)c(OC)c3)C2)C1c1cccc(OCc2ccccc2)c1. The molecule has 8 nitrogen and oxygen atoms in total. The first-order valence-electron chi connectivity index (χ1n) is 14.3. The molecule has 224 valence electrons. The highest BCUT2D eigenvalue weighted by molar-refractivity contribution is 6.04. The summed E-state index contributed by atoms with van der Waals surface area (Å²) in [5.41, 5.74) is 5.27. The maximum absolute atomic E-state index is 14.0. The predicted molar refractivity (Wildman–Crippen MR) is 162 cm³/mol. The van der Waals surface area contributed by atoms with Gasteiger partial charge in [0.2, 0.25) is 0 Å². The molecule has 0 aromatic heterocycles. The van der Waals surface area contributed by atoms with Gasteiger partial charge in [0.05, 0.1) is 26.4 Å². The summed E-state index contributed by atoms with van der Waals surface area (Å²) in [6.07, 6.45) is 0.891. The van der Waals surface area contributed by atoms with E-state index >= 15 is 0 Å². The Kier molecular flexibility index (Phi) is 9.47. The summed E-state index contributed by atoms with van der Waals surface area (Å²) in [6, 6.07) is 23.3. The van der Waals surface area contributed by atoms with Crippen LogP contribution in [0.2, 0.25) is 0 Å². The zero-order valence-corrected chi connectivity index (χ0v) is 25.0. The number of carbonyl (C=O) groups excluding carboxylic acids is 2. The molecule has 43 heavy (non-hydrogen) atoms. The van der Waals surface area contributed by atoms with E-state index in [0.717, 1.165) is 22.4 Å². The van der Waals surface area contributed by atoms with Gasteiger partial charge in [-0.2, -0.15) is 0 Å². The summed E-state index contributed by atoms with van der Waals surface area (Å²) in [4.78, 5) is 27.5. The standard InChI is InChI=1S/C35H37NO7/c1-22-32(35(38)42-16-15-39-2)33(25-11-8-12-27(17-25)43-21-23-9-6-5-7-10-23)34-28(36-22)18-26(19-29(34)37)24-13-14-30(40-3)31(20-24)41-4/h5-14,17,20,26,33,36H,15-16,18-19,21H2,1-4H3. The highest BCUT2D eigenvalue weighted by atomic mass is 16.6. The number of ether oxygens (including phenoxy) is 5. The van der Waals surface area contributed by atoms with Gasteiger partial charge in [0.1, 0.15) is 19.0 Å². The molecule has 0 fully saturated rings.